The molecular formula is C34H24N10O2S. The number of hydrogen-bond acceptors (Lipinski definition) is 9. The third-order valence-electron chi connectivity index (χ3n) is 8.34. The van der Waals surface area contributed by atoms with Gasteiger partial charge in [-0.15, -0.1) is 0 Å². The summed E-state index contributed by atoms with van der Waals surface area (Å²) < 4.78 is 28.8. The predicted octanol–water partition coefficient (Wildman–Crippen LogP) is 5.75. The summed E-state index contributed by atoms with van der Waals surface area (Å²) in [6.07, 6.45) is 0. The molecule has 5 heterocycles. The van der Waals surface area contributed by atoms with Crippen molar-refractivity contribution in [2.75, 3.05) is 12.3 Å². The molecule has 0 saturated heterocycles. The van der Waals surface area contributed by atoms with Crippen molar-refractivity contribution in [2.24, 2.45) is 0 Å². The van der Waals surface area contributed by atoms with E-state index in [0.717, 1.165) is 33.0 Å². The van der Waals surface area contributed by atoms with Crippen molar-refractivity contribution < 1.29 is 8.42 Å². The van der Waals surface area contributed by atoms with E-state index in [1.807, 2.05) is 72.8 Å². The summed E-state index contributed by atoms with van der Waals surface area (Å²) >= 11 is 0. The van der Waals surface area contributed by atoms with Crippen LogP contribution in [0.2, 0.25) is 0 Å². The minimum atomic E-state index is -3.89. The van der Waals surface area contributed by atoms with E-state index in [-0.39, 0.29) is 17.1 Å². The Kier molecular flexibility index (Phi) is 5.79. The lowest BCUT2D eigenvalue weighted by Gasteiger charge is -2.08. The zero-order valence-electron chi connectivity index (χ0n) is 24.8. The molecule has 3 aromatic heterocycles. The third-order valence-corrected chi connectivity index (χ3v) is 9.95. The maximum Gasteiger partial charge on any atom is 0.242 e. The number of sulfonamides is 1. The number of aromatic nitrogens is 8. The maximum absolute atomic E-state index is 13.1. The van der Waals surface area contributed by atoms with E-state index in [9.17, 15) is 8.42 Å². The van der Waals surface area contributed by atoms with Crippen LogP contribution >= 0.6 is 0 Å². The second kappa shape index (κ2) is 9.97. The molecule has 4 aromatic carbocycles. The van der Waals surface area contributed by atoms with E-state index in [1.54, 1.807) is 13.0 Å². The number of aromatic amines is 2. The van der Waals surface area contributed by atoms with Gasteiger partial charge in [0.15, 0.2) is 23.3 Å². The third kappa shape index (κ3) is 4.14. The van der Waals surface area contributed by atoms with Crippen LogP contribution in [0.1, 0.15) is 6.92 Å². The lowest BCUT2D eigenvalue weighted by atomic mass is 10.1. The first-order valence-corrected chi connectivity index (χ1v) is 16.4. The lowest BCUT2D eigenvalue weighted by molar-refractivity contribution is 0.584. The van der Waals surface area contributed by atoms with Gasteiger partial charge in [-0.25, -0.2) is 43.0 Å². The fraction of sp³-hybridized carbons (Fsp3) is 0.0588. The second-order valence-electron chi connectivity index (χ2n) is 11.1. The highest BCUT2D eigenvalue weighted by Crippen LogP contribution is 2.38. The highest BCUT2D eigenvalue weighted by atomic mass is 32.2. The number of nitrogens with one attached hydrogen (secondary N) is 3. The molecule has 0 amide bonds. The van der Waals surface area contributed by atoms with Crippen LogP contribution in [0, 0.1) is 0 Å². The molecule has 0 spiro atoms. The second-order valence-corrected chi connectivity index (χ2v) is 12.9. The fourth-order valence-corrected chi connectivity index (χ4v) is 7.41. The van der Waals surface area contributed by atoms with E-state index in [0.29, 0.717) is 56.7 Å². The molecule has 0 saturated carbocycles. The zero-order chi connectivity index (χ0) is 31.9. The van der Waals surface area contributed by atoms with Gasteiger partial charge in [0.25, 0.3) is 0 Å². The number of hydrogen-bond donors (Lipinski definition) is 4. The highest BCUT2D eigenvalue weighted by molar-refractivity contribution is 7.89. The van der Waals surface area contributed by atoms with E-state index in [2.05, 4.69) is 14.7 Å². The van der Waals surface area contributed by atoms with Crippen molar-refractivity contribution in [1.29, 1.82) is 0 Å². The zero-order valence-corrected chi connectivity index (χ0v) is 25.6. The van der Waals surface area contributed by atoms with Gasteiger partial charge in [0.05, 0.1) is 11.1 Å². The van der Waals surface area contributed by atoms with Crippen LogP contribution in [0.15, 0.2) is 89.8 Å². The van der Waals surface area contributed by atoms with Gasteiger partial charge in [0, 0.05) is 45.0 Å². The first-order chi connectivity index (χ1) is 22.9. The molecule has 0 aliphatic carbocycles. The Morgan fingerprint density at radius 2 is 1.00 bits per heavy atom. The molecule has 0 unspecified atom stereocenters. The molecule has 5 N–H and O–H groups in total. The van der Waals surface area contributed by atoms with E-state index < -0.39 is 10.0 Å². The number of H-pyrrole nitrogens is 2. The van der Waals surface area contributed by atoms with Crippen LogP contribution in [0.5, 0.6) is 0 Å². The Bertz CT molecular complexity index is 2750. The molecule has 8 bridgehead atoms. The van der Waals surface area contributed by atoms with E-state index >= 15 is 0 Å². The first-order valence-electron chi connectivity index (χ1n) is 14.9. The van der Waals surface area contributed by atoms with Crippen molar-refractivity contribution in [3.63, 3.8) is 0 Å². The van der Waals surface area contributed by atoms with Crippen LogP contribution in [0.3, 0.4) is 0 Å². The molecular weight excluding hydrogens is 613 g/mol. The number of nitrogen functional groups attached to an aromatic ring is 1. The molecule has 9 rings (SSSR count). The molecule has 2 aliphatic heterocycles. The van der Waals surface area contributed by atoms with E-state index in [1.165, 1.54) is 6.07 Å². The highest BCUT2D eigenvalue weighted by Gasteiger charge is 2.24. The van der Waals surface area contributed by atoms with Crippen molar-refractivity contribution in [1.82, 2.24) is 44.6 Å². The molecule has 0 radical (unpaired) electrons. The van der Waals surface area contributed by atoms with Crippen molar-refractivity contribution in [2.45, 2.75) is 11.8 Å². The van der Waals surface area contributed by atoms with Gasteiger partial charge in [-0.1, -0.05) is 79.7 Å². The van der Waals surface area contributed by atoms with Crippen molar-refractivity contribution in [3.8, 4) is 45.6 Å². The lowest BCUT2D eigenvalue weighted by Crippen LogP contribution is -2.24. The molecule has 0 atom stereocenters. The largest absolute Gasteiger partial charge is 0.397 e. The van der Waals surface area contributed by atoms with Gasteiger partial charge in [-0.3, -0.25) is 0 Å². The molecule has 2 aliphatic rings. The standard InChI is InChI=1S/C34H24N10O2S/c1-2-36-47(45,46)24-16-15-23-25(26(24)35)34-43-32-22-14-8-7-13-21(22)30(41-32)39-28-18-10-4-3-9-17(18)27(37-28)38-29-19-11-5-6-12-20(19)31(40-29)42-33(23)44-34/h3-16,36H,2,35H2,1H3,(H2,37,38,39,40,41,42,43,44). The summed E-state index contributed by atoms with van der Waals surface area (Å²) in [6, 6.07) is 26.5. The van der Waals surface area contributed by atoms with Gasteiger partial charge in [-0.05, 0) is 12.1 Å². The average Bonchev–Trinajstić information content (AvgIpc) is 3.80. The van der Waals surface area contributed by atoms with Gasteiger partial charge >= 0.3 is 0 Å². The van der Waals surface area contributed by atoms with Gasteiger partial charge in [0.1, 0.15) is 27.5 Å². The minimum Gasteiger partial charge on any atom is -0.397 e. The number of nitrogens with two attached hydrogens (primary N) is 1. The summed E-state index contributed by atoms with van der Waals surface area (Å²) in [5.41, 5.74) is 11.8. The first kappa shape index (κ1) is 27.3. The van der Waals surface area contributed by atoms with Crippen LogP contribution < -0.4 is 10.5 Å². The molecule has 0 fully saturated rings. The Balaban J connectivity index is 1.49. The van der Waals surface area contributed by atoms with Gasteiger partial charge in [0.2, 0.25) is 10.0 Å². The molecule has 228 valence electrons. The topological polar surface area (TPSA) is 181 Å². The van der Waals surface area contributed by atoms with Crippen molar-refractivity contribution in [3.05, 3.63) is 84.9 Å². The summed E-state index contributed by atoms with van der Waals surface area (Å²) in [7, 11) is -3.89. The molecule has 13 heteroatoms. The molecule has 47 heavy (non-hydrogen) atoms. The van der Waals surface area contributed by atoms with Crippen LogP contribution in [-0.4, -0.2) is 54.8 Å². The monoisotopic (exact) mass is 636 g/mol. The fourth-order valence-electron chi connectivity index (χ4n) is 6.24. The predicted molar refractivity (Wildman–Crippen MR) is 181 cm³/mol. The number of rotatable bonds is 3. The molecule has 12 nitrogen and oxygen atoms in total. The maximum atomic E-state index is 13.1. The SMILES string of the molecule is CCNS(=O)(=O)c1ccc2c3nc4nc(nc5[nH]c(nc6nc(nc([nH]3)c2c1N)-c1ccccc1-6)c1ccccc51)-c1ccccc1-4. The smallest absolute Gasteiger partial charge is 0.242 e. The Morgan fingerprint density at radius 1 is 0.574 bits per heavy atom. The van der Waals surface area contributed by atoms with E-state index in [4.69, 9.17) is 35.6 Å². The van der Waals surface area contributed by atoms with Crippen LogP contribution in [0.25, 0.3) is 89.7 Å². The normalized spacial score (nSPS) is 12.4. The summed E-state index contributed by atoms with van der Waals surface area (Å²) in [5, 5.41) is 2.74. The number of benzene rings is 4. The summed E-state index contributed by atoms with van der Waals surface area (Å²) in [6.45, 7) is 1.92. The number of anilines is 1. The Labute approximate surface area is 266 Å². The number of nitrogens with zero attached hydrogens (tertiary/aromatic N) is 6. The minimum absolute atomic E-state index is 0.0414. The van der Waals surface area contributed by atoms with Crippen molar-refractivity contribution >= 4 is 59.8 Å². The Hall–Kier alpha value is -6.05. The molecule has 7 aromatic rings. The van der Waals surface area contributed by atoms with Gasteiger partial charge < -0.3 is 15.7 Å². The van der Waals surface area contributed by atoms with Gasteiger partial charge in [-0.2, -0.15) is 0 Å². The number of fused-ring (bicyclic) bond motifs is 20. The summed E-state index contributed by atoms with van der Waals surface area (Å²) in [4.78, 5) is 36.3. The van der Waals surface area contributed by atoms with Crippen LogP contribution in [0.4, 0.5) is 5.69 Å². The summed E-state index contributed by atoms with van der Waals surface area (Å²) in [5.74, 6) is 1.78. The van der Waals surface area contributed by atoms with Crippen LogP contribution in [-0.2, 0) is 10.0 Å². The Morgan fingerprint density at radius 3 is 1.49 bits per heavy atom. The average molecular weight is 637 g/mol. The quantitative estimate of drug-likeness (QED) is 0.176.